The van der Waals surface area contributed by atoms with E-state index in [9.17, 15) is 8.42 Å². The Morgan fingerprint density at radius 2 is 2.00 bits per heavy atom. The molecule has 0 aliphatic carbocycles. The lowest BCUT2D eigenvalue weighted by molar-refractivity contribution is 0.188. The lowest BCUT2D eigenvalue weighted by Gasteiger charge is -2.15. The fourth-order valence-corrected chi connectivity index (χ4v) is 3.29. The Morgan fingerprint density at radius 3 is 2.58 bits per heavy atom. The molecular weight excluding hydrogens is 286 g/mol. The fraction of sp³-hybridized carbons (Fsp3) is 0.538. The van der Waals surface area contributed by atoms with Crippen LogP contribution in [0.15, 0.2) is 30.3 Å². The van der Waals surface area contributed by atoms with E-state index in [1.54, 1.807) is 7.11 Å². The summed E-state index contributed by atoms with van der Waals surface area (Å²) in [6.07, 6.45) is 1.07. The smallest absolute Gasteiger partial charge is 0.212 e. The molecule has 6 heteroatoms. The third-order valence-corrected chi connectivity index (χ3v) is 4.51. The van der Waals surface area contributed by atoms with Crippen LogP contribution < -0.4 is 4.72 Å². The van der Waals surface area contributed by atoms with Crippen LogP contribution in [0, 0.1) is 0 Å². The first kappa shape index (κ1) is 16.4. The van der Waals surface area contributed by atoms with Crippen molar-refractivity contribution in [2.24, 2.45) is 0 Å². The molecule has 0 bridgehead atoms. The number of hydrogen-bond donors (Lipinski definition) is 1. The van der Waals surface area contributed by atoms with Crippen molar-refractivity contribution in [2.75, 3.05) is 25.3 Å². The van der Waals surface area contributed by atoms with Crippen molar-refractivity contribution in [1.29, 1.82) is 0 Å². The van der Waals surface area contributed by atoms with Gasteiger partial charge in [-0.3, -0.25) is 0 Å². The van der Waals surface area contributed by atoms with Crippen LogP contribution in [0.2, 0.25) is 0 Å². The molecule has 0 aromatic heterocycles. The van der Waals surface area contributed by atoms with Crippen molar-refractivity contribution in [3.63, 3.8) is 0 Å². The molecule has 0 aliphatic rings. The summed E-state index contributed by atoms with van der Waals surface area (Å²) in [5, 5.41) is 0. The summed E-state index contributed by atoms with van der Waals surface area (Å²) in [6, 6.07) is 9.26. The predicted molar refractivity (Wildman–Crippen MR) is 78.1 cm³/mol. The molecule has 0 aliphatic heterocycles. The zero-order valence-corrected chi connectivity index (χ0v) is 12.6. The normalized spacial score (nSPS) is 13.4. The molecule has 1 aromatic carbocycles. The maximum Gasteiger partial charge on any atom is 0.212 e. The van der Waals surface area contributed by atoms with Gasteiger partial charge in [-0.1, -0.05) is 30.3 Å². The molecule has 1 atom stereocenters. The van der Waals surface area contributed by atoms with Crippen LogP contribution in [0.3, 0.4) is 0 Å². The maximum absolute atomic E-state index is 11.9. The van der Waals surface area contributed by atoms with Crippen LogP contribution in [0.1, 0.15) is 12.0 Å². The summed E-state index contributed by atoms with van der Waals surface area (Å²) in [7, 11) is -1.73. The molecule has 0 saturated carbocycles. The number of methoxy groups -OCH3 is 1. The molecular formula is C13H20ClNO3S. The molecule has 1 N–H and O–H groups in total. The van der Waals surface area contributed by atoms with Gasteiger partial charge < -0.3 is 4.74 Å². The molecule has 0 fully saturated rings. The highest BCUT2D eigenvalue weighted by Gasteiger charge is 2.16. The van der Waals surface area contributed by atoms with E-state index in [0.29, 0.717) is 19.4 Å². The minimum atomic E-state index is -3.31. The number of hydrogen-bond acceptors (Lipinski definition) is 3. The van der Waals surface area contributed by atoms with Crippen molar-refractivity contribution >= 4 is 21.6 Å². The number of rotatable bonds is 9. The van der Waals surface area contributed by atoms with E-state index in [-0.39, 0.29) is 17.7 Å². The van der Waals surface area contributed by atoms with Gasteiger partial charge in [0.05, 0.1) is 5.75 Å². The molecule has 0 radical (unpaired) electrons. The zero-order valence-electron chi connectivity index (χ0n) is 11.0. The van der Waals surface area contributed by atoms with Gasteiger partial charge in [-0.05, 0) is 18.4 Å². The van der Waals surface area contributed by atoms with Gasteiger partial charge in [0, 0.05) is 25.6 Å². The first-order valence-electron chi connectivity index (χ1n) is 6.16. The van der Waals surface area contributed by atoms with Crippen LogP contribution in [0.4, 0.5) is 0 Å². The van der Waals surface area contributed by atoms with Gasteiger partial charge in [-0.15, -0.1) is 11.6 Å². The van der Waals surface area contributed by atoms with Crippen molar-refractivity contribution in [3.05, 3.63) is 35.9 Å². The van der Waals surface area contributed by atoms with Gasteiger partial charge in [0.2, 0.25) is 10.0 Å². The molecule has 19 heavy (non-hydrogen) atoms. The number of ether oxygens (including phenoxy) is 1. The fourth-order valence-electron chi connectivity index (χ4n) is 1.64. The number of nitrogens with one attached hydrogen (secondary N) is 1. The van der Waals surface area contributed by atoms with Gasteiger partial charge in [0.15, 0.2) is 0 Å². The topological polar surface area (TPSA) is 55.4 Å². The summed E-state index contributed by atoms with van der Waals surface area (Å²) >= 11 is 5.74. The summed E-state index contributed by atoms with van der Waals surface area (Å²) in [5.41, 5.74) is 1.01. The zero-order chi connectivity index (χ0) is 14.1. The number of sulfonamides is 1. The highest BCUT2D eigenvalue weighted by molar-refractivity contribution is 7.89. The molecule has 1 rings (SSSR count). The monoisotopic (exact) mass is 305 g/mol. The van der Waals surface area contributed by atoms with Crippen LogP contribution in [0.5, 0.6) is 0 Å². The summed E-state index contributed by atoms with van der Waals surface area (Å²) in [6.45, 7) is 0.485. The molecule has 0 spiro atoms. The van der Waals surface area contributed by atoms with Gasteiger partial charge >= 0.3 is 0 Å². The summed E-state index contributed by atoms with van der Waals surface area (Å²) in [4.78, 5) is 0. The Morgan fingerprint density at radius 1 is 1.32 bits per heavy atom. The quantitative estimate of drug-likeness (QED) is 0.708. The van der Waals surface area contributed by atoms with Crippen LogP contribution in [-0.4, -0.2) is 39.8 Å². The molecule has 0 heterocycles. The molecule has 0 amide bonds. The van der Waals surface area contributed by atoms with E-state index in [2.05, 4.69) is 4.72 Å². The molecule has 108 valence electrons. The Balaban J connectivity index is 2.46. The first-order chi connectivity index (χ1) is 9.07. The highest BCUT2D eigenvalue weighted by Crippen LogP contribution is 2.04. The SMILES string of the molecule is COCCC(CCl)NS(=O)(=O)CCc1ccccc1. The lowest BCUT2D eigenvalue weighted by atomic mass is 10.2. The maximum atomic E-state index is 11.9. The number of alkyl halides is 1. The number of aryl methyl sites for hydroxylation is 1. The Labute approximate surface area is 120 Å². The second-order valence-electron chi connectivity index (χ2n) is 4.31. The van der Waals surface area contributed by atoms with E-state index >= 15 is 0 Å². The van der Waals surface area contributed by atoms with Crippen LogP contribution in [0.25, 0.3) is 0 Å². The predicted octanol–water partition coefficient (Wildman–Crippen LogP) is 1.79. The second kappa shape index (κ2) is 8.53. The van der Waals surface area contributed by atoms with E-state index < -0.39 is 10.0 Å². The van der Waals surface area contributed by atoms with Crippen LogP contribution >= 0.6 is 11.6 Å². The lowest BCUT2D eigenvalue weighted by Crippen LogP contribution is -2.38. The van der Waals surface area contributed by atoms with E-state index in [4.69, 9.17) is 16.3 Å². The average Bonchev–Trinajstić information content (AvgIpc) is 2.42. The van der Waals surface area contributed by atoms with E-state index in [0.717, 1.165) is 5.56 Å². The van der Waals surface area contributed by atoms with E-state index in [1.165, 1.54) is 0 Å². The van der Waals surface area contributed by atoms with E-state index in [1.807, 2.05) is 30.3 Å². The Hall–Kier alpha value is -0.620. The van der Waals surface area contributed by atoms with Gasteiger partial charge in [0.1, 0.15) is 0 Å². The molecule has 1 aromatic rings. The first-order valence-corrected chi connectivity index (χ1v) is 8.35. The van der Waals surface area contributed by atoms with Gasteiger partial charge in [-0.25, -0.2) is 13.1 Å². The molecule has 1 unspecified atom stereocenters. The van der Waals surface area contributed by atoms with Crippen molar-refractivity contribution < 1.29 is 13.2 Å². The Kier molecular flexibility index (Phi) is 7.38. The standard InChI is InChI=1S/C13H20ClNO3S/c1-18-9-7-13(11-14)15-19(16,17)10-8-12-5-3-2-4-6-12/h2-6,13,15H,7-11H2,1H3. The second-order valence-corrected chi connectivity index (χ2v) is 6.49. The van der Waals surface area contributed by atoms with Crippen molar-refractivity contribution in [3.8, 4) is 0 Å². The molecule has 4 nitrogen and oxygen atoms in total. The Bertz CT molecular complexity index is 450. The van der Waals surface area contributed by atoms with Crippen molar-refractivity contribution in [1.82, 2.24) is 4.72 Å². The third-order valence-electron chi connectivity index (χ3n) is 2.71. The minimum Gasteiger partial charge on any atom is -0.385 e. The van der Waals surface area contributed by atoms with Crippen LogP contribution in [-0.2, 0) is 21.2 Å². The average molecular weight is 306 g/mol. The summed E-state index contributed by atoms with van der Waals surface area (Å²) in [5.74, 6) is 0.311. The molecule has 0 saturated heterocycles. The minimum absolute atomic E-state index is 0.0668. The van der Waals surface area contributed by atoms with Gasteiger partial charge in [-0.2, -0.15) is 0 Å². The van der Waals surface area contributed by atoms with Crippen molar-refractivity contribution in [2.45, 2.75) is 18.9 Å². The third kappa shape index (κ3) is 6.92. The number of benzene rings is 1. The number of halogens is 1. The summed E-state index contributed by atoms with van der Waals surface area (Å²) < 4.78 is 31.4. The highest BCUT2D eigenvalue weighted by atomic mass is 35.5. The largest absolute Gasteiger partial charge is 0.385 e. The van der Waals surface area contributed by atoms with Gasteiger partial charge in [0.25, 0.3) is 0 Å².